The fraction of sp³-hybridized carbons (Fsp3) is 0.548. The van der Waals surface area contributed by atoms with Gasteiger partial charge in [0.05, 0.1) is 30.0 Å². The molecule has 12 heteroatoms. The fourth-order valence-corrected chi connectivity index (χ4v) is 6.83. The van der Waals surface area contributed by atoms with Gasteiger partial charge in [0.15, 0.2) is 0 Å². The van der Waals surface area contributed by atoms with E-state index in [1.54, 1.807) is 4.90 Å². The molecule has 5 rings (SSSR count). The van der Waals surface area contributed by atoms with E-state index in [2.05, 4.69) is 19.6 Å². The van der Waals surface area contributed by atoms with Crippen molar-refractivity contribution in [3.8, 4) is 0 Å². The number of likely N-dealkylation sites (tertiary alicyclic amines) is 3. The van der Waals surface area contributed by atoms with Gasteiger partial charge in [-0.25, -0.2) is 14.8 Å². The van der Waals surface area contributed by atoms with Gasteiger partial charge < -0.3 is 24.3 Å². The van der Waals surface area contributed by atoms with E-state index in [0.717, 1.165) is 50.4 Å². The minimum atomic E-state index is -0.919. The molecule has 0 spiro atoms. The Morgan fingerprint density at radius 3 is 2.28 bits per heavy atom. The molecule has 0 N–H and O–H groups in total. The predicted molar refractivity (Wildman–Crippen MR) is 161 cm³/mol. The lowest BCUT2D eigenvalue weighted by Crippen LogP contribution is -2.41. The fourth-order valence-electron chi connectivity index (χ4n) is 6.65. The van der Waals surface area contributed by atoms with Crippen molar-refractivity contribution in [3.63, 3.8) is 0 Å². The monoisotopic (exact) mass is 610 g/mol. The van der Waals surface area contributed by atoms with Gasteiger partial charge in [-0.15, -0.1) is 0 Å². The number of carbonyl (C=O) groups is 4. The van der Waals surface area contributed by atoms with Crippen LogP contribution < -0.4 is 4.90 Å². The summed E-state index contributed by atoms with van der Waals surface area (Å²) in [4.78, 5) is 67.0. The number of aryl methyl sites for hydroxylation is 3. The molecule has 3 fully saturated rings. The average molecular weight is 611 g/mol. The molecule has 3 aliphatic heterocycles. The molecule has 3 unspecified atom stereocenters. The number of hydrogen-bond donors (Lipinski definition) is 0. The molecule has 4 heterocycles. The number of hydrogen-bond acceptors (Lipinski definition) is 8. The summed E-state index contributed by atoms with van der Waals surface area (Å²) in [6.45, 7) is 10.7. The standard InChI is InChI=1S/C31H39ClN6O5/c1-19-6-7-25(12-26(19)32)38(28(39)22-8-11-36(15-22)30(41)31(42)43-4)10-5-9-35-13-23-16-37(17-24(23)14-35)29(40)27-20(2)33-18-34-21(27)3/h6-7,12,18,22-24H,5,8-11,13-17H2,1-4H3. The number of halogens is 1. The molecule has 11 nitrogen and oxygen atoms in total. The number of esters is 1. The van der Waals surface area contributed by atoms with Crippen LogP contribution in [-0.4, -0.2) is 108 Å². The Kier molecular flexibility index (Phi) is 9.31. The Balaban J connectivity index is 1.18. The van der Waals surface area contributed by atoms with Crippen molar-refractivity contribution >= 4 is 41.0 Å². The maximum absolute atomic E-state index is 13.8. The third-order valence-corrected chi connectivity index (χ3v) is 9.47. The van der Waals surface area contributed by atoms with Crippen LogP contribution in [-0.2, 0) is 19.1 Å². The van der Waals surface area contributed by atoms with Gasteiger partial charge in [0.25, 0.3) is 5.91 Å². The molecule has 43 heavy (non-hydrogen) atoms. The number of amides is 3. The van der Waals surface area contributed by atoms with Crippen LogP contribution in [0.15, 0.2) is 24.5 Å². The predicted octanol–water partition coefficient (Wildman–Crippen LogP) is 2.50. The van der Waals surface area contributed by atoms with Crippen LogP contribution in [0.5, 0.6) is 0 Å². The third kappa shape index (κ3) is 6.52. The van der Waals surface area contributed by atoms with Crippen LogP contribution in [0.2, 0.25) is 5.02 Å². The van der Waals surface area contributed by atoms with Crippen molar-refractivity contribution < 1.29 is 23.9 Å². The van der Waals surface area contributed by atoms with Gasteiger partial charge in [0.1, 0.15) is 6.33 Å². The number of ether oxygens (including phenoxy) is 1. The third-order valence-electron chi connectivity index (χ3n) is 9.06. The molecule has 0 aliphatic carbocycles. The molecular formula is C31H39ClN6O5. The summed E-state index contributed by atoms with van der Waals surface area (Å²) in [6, 6.07) is 5.62. The number of aromatic nitrogens is 2. The molecule has 0 saturated carbocycles. The smallest absolute Gasteiger partial charge is 0.396 e. The Morgan fingerprint density at radius 1 is 0.977 bits per heavy atom. The number of fused-ring (bicyclic) bond motifs is 1. The van der Waals surface area contributed by atoms with Crippen molar-refractivity contribution in [3.05, 3.63) is 52.1 Å². The molecule has 3 aliphatic rings. The summed E-state index contributed by atoms with van der Waals surface area (Å²) >= 11 is 6.43. The van der Waals surface area contributed by atoms with E-state index < -0.39 is 17.8 Å². The largest absolute Gasteiger partial charge is 0.462 e. The maximum Gasteiger partial charge on any atom is 0.396 e. The van der Waals surface area contributed by atoms with Crippen LogP contribution in [0.25, 0.3) is 0 Å². The summed E-state index contributed by atoms with van der Waals surface area (Å²) in [6.07, 6.45) is 2.74. The van der Waals surface area contributed by atoms with Crippen molar-refractivity contribution in [2.45, 2.75) is 33.6 Å². The quantitative estimate of drug-likeness (QED) is 0.347. The van der Waals surface area contributed by atoms with E-state index in [4.69, 9.17) is 11.6 Å². The second kappa shape index (κ2) is 13.0. The highest BCUT2D eigenvalue weighted by molar-refractivity contribution is 6.32. The SMILES string of the molecule is COC(=O)C(=O)N1CCC(C(=O)N(CCCN2CC3CN(C(=O)c4c(C)ncnc4C)CC3C2)c2ccc(C)c(Cl)c2)C1. The summed E-state index contributed by atoms with van der Waals surface area (Å²) < 4.78 is 4.57. The first-order valence-electron chi connectivity index (χ1n) is 14.8. The lowest BCUT2D eigenvalue weighted by Gasteiger charge is -2.28. The summed E-state index contributed by atoms with van der Waals surface area (Å²) in [7, 11) is 1.17. The zero-order valence-electron chi connectivity index (χ0n) is 25.2. The second-order valence-electron chi connectivity index (χ2n) is 11.9. The van der Waals surface area contributed by atoms with Gasteiger partial charge >= 0.3 is 11.9 Å². The molecule has 0 bridgehead atoms. The molecule has 3 amide bonds. The van der Waals surface area contributed by atoms with E-state index in [1.165, 1.54) is 18.3 Å². The number of rotatable bonds is 7. The van der Waals surface area contributed by atoms with Crippen molar-refractivity contribution in [1.29, 1.82) is 0 Å². The van der Waals surface area contributed by atoms with Crippen LogP contribution in [0, 0.1) is 38.5 Å². The van der Waals surface area contributed by atoms with Crippen molar-refractivity contribution in [2.24, 2.45) is 17.8 Å². The number of nitrogens with zero attached hydrogens (tertiary/aromatic N) is 6. The van der Waals surface area contributed by atoms with Gasteiger partial charge in [0, 0.05) is 56.5 Å². The summed E-state index contributed by atoms with van der Waals surface area (Å²) in [5.74, 6) is -1.28. The Morgan fingerprint density at radius 2 is 1.65 bits per heavy atom. The molecule has 3 saturated heterocycles. The van der Waals surface area contributed by atoms with Crippen molar-refractivity contribution in [2.75, 3.05) is 64.4 Å². The van der Waals surface area contributed by atoms with Gasteiger partial charge in [-0.2, -0.15) is 0 Å². The number of benzene rings is 1. The van der Waals surface area contributed by atoms with Gasteiger partial charge in [0.2, 0.25) is 5.91 Å². The van der Waals surface area contributed by atoms with Gasteiger partial charge in [-0.1, -0.05) is 17.7 Å². The van der Waals surface area contributed by atoms with Gasteiger partial charge in [-0.05, 0) is 69.7 Å². The van der Waals surface area contributed by atoms with E-state index in [1.807, 2.05) is 43.9 Å². The number of carbonyl (C=O) groups excluding carboxylic acids is 4. The Bertz CT molecular complexity index is 1380. The van der Waals surface area contributed by atoms with Crippen molar-refractivity contribution in [1.82, 2.24) is 24.7 Å². The lowest BCUT2D eigenvalue weighted by molar-refractivity contribution is -0.157. The minimum absolute atomic E-state index is 0.0150. The van der Waals surface area contributed by atoms with Crippen LogP contribution >= 0.6 is 11.6 Å². The molecule has 230 valence electrons. The first kappa shape index (κ1) is 30.9. The molecular weight excluding hydrogens is 572 g/mol. The molecule has 2 aromatic rings. The van der Waals surface area contributed by atoms with E-state index >= 15 is 0 Å². The van der Waals surface area contributed by atoms with Crippen LogP contribution in [0.4, 0.5) is 5.69 Å². The number of anilines is 1. The topological polar surface area (TPSA) is 116 Å². The minimum Gasteiger partial charge on any atom is -0.462 e. The molecule has 0 radical (unpaired) electrons. The molecule has 1 aromatic carbocycles. The van der Waals surface area contributed by atoms with Crippen LogP contribution in [0.3, 0.4) is 0 Å². The normalized spacial score (nSPS) is 21.7. The van der Waals surface area contributed by atoms with E-state index in [9.17, 15) is 19.2 Å². The summed E-state index contributed by atoms with van der Waals surface area (Å²) in [5.41, 5.74) is 3.69. The van der Waals surface area contributed by atoms with Crippen LogP contribution in [0.1, 0.15) is 40.2 Å². The maximum atomic E-state index is 13.8. The average Bonchev–Trinajstić information content (AvgIpc) is 3.71. The Labute approximate surface area is 257 Å². The highest BCUT2D eigenvalue weighted by atomic mass is 35.5. The highest BCUT2D eigenvalue weighted by Crippen LogP contribution is 2.33. The highest BCUT2D eigenvalue weighted by Gasteiger charge is 2.42. The molecule has 3 atom stereocenters. The van der Waals surface area contributed by atoms with E-state index in [0.29, 0.717) is 53.3 Å². The molecule has 1 aromatic heterocycles. The van der Waals surface area contributed by atoms with E-state index in [-0.39, 0.29) is 18.4 Å². The zero-order chi connectivity index (χ0) is 30.8. The zero-order valence-corrected chi connectivity index (χ0v) is 26.0. The summed E-state index contributed by atoms with van der Waals surface area (Å²) in [5, 5.41) is 0.586. The lowest BCUT2D eigenvalue weighted by atomic mass is 10.0. The first-order valence-corrected chi connectivity index (χ1v) is 15.2. The second-order valence-corrected chi connectivity index (χ2v) is 12.3. The number of methoxy groups -OCH3 is 1. The first-order chi connectivity index (χ1) is 20.6. The Hall–Kier alpha value is -3.57. The van der Waals surface area contributed by atoms with Gasteiger partial charge in [-0.3, -0.25) is 14.4 Å².